The van der Waals surface area contributed by atoms with E-state index in [1.807, 2.05) is 0 Å². The number of nitrogens with zero attached hydrogens (tertiary/aromatic N) is 4. The van der Waals surface area contributed by atoms with Gasteiger partial charge in [-0.2, -0.15) is 9.61 Å². The van der Waals surface area contributed by atoms with Gasteiger partial charge in [0.15, 0.2) is 0 Å². The molecule has 1 fully saturated rings. The van der Waals surface area contributed by atoms with E-state index in [0.29, 0.717) is 11.0 Å². The van der Waals surface area contributed by atoms with Crippen LogP contribution in [0.3, 0.4) is 0 Å². The Morgan fingerprint density at radius 2 is 2.50 bits per heavy atom. The first-order chi connectivity index (χ1) is 9.78. The maximum atomic E-state index is 11.9. The Morgan fingerprint density at radius 3 is 3.25 bits per heavy atom. The first kappa shape index (κ1) is 13.7. The Balaban J connectivity index is 1.81. The second kappa shape index (κ2) is 5.99. The van der Waals surface area contributed by atoms with Crippen molar-refractivity contribution in [1.82, 2.24) is 24.8 Å². The molecule has 20 heavy (non-hydrogen) atoms. The van der Waals surface area contributed by atoms with Gasteiger partial charge in [0.05, 0.1) is 5.69 Å². The van der Waals surface area contributed by atoms with Crippen LogP contribution in [0, 0.1) is 0 Å². The maximum Gasteiger partial charge on any atom is 0.275 e. The van der Waals surface area contributed by atoms with Gasteiger partial charge in [-0.3, -0.25) is 9.69 Å². The smallest absolute Gasteiger partial charge is 0.275 e. The molecule has 0 aliphatic carbocycles. The van der Waals surface area contributed by atoms with Crippen LogP contribution in [0.15, 0.2) is 16.4 Å². The topological polar surface area (TPSA) is 62.5 Å². The van der Waals surface area contributed by atoms with Crippen LogP contribution in [0.2, 0.25) is 0 Å². The lowest BCUT2D eigenvalue weighted by Gasteiger charge is -2.33. The summed E-state index contributed by atoms with van der Waals surface area (Å²) in [6.45, 7) is 5.99. The predicted molar refractivity (Wildman–Crippen MR) is 79.1 cm³/mol. The van der Waals surface area contributed by atoms with Crippen LogP contribution in [0.4, 0.5) is 0 Å². The molecular weight excluding hydrogens is 274 g/mol. The van der Waals surface area contributed by atoms with Crippen LogP contribution in [0.25, 0.3) is 4.96 Å². The van der Waals surface area contributed by atoms with Crippen LogP contribution in [0.5, 0.6) is 0 Å². The van der Waals surface area contributed by atoms with Crippen molar-refractivity contribution in [3.63, 3.8) is 0 Å². The molecule has 1 aliphatic rings. The van der Waals surface area contributed by atoms with Gasteiger partial charge in [-0.15, -0.1) is 0 Å². The quantitative estimate of drug-likeness (QED) is 0.900. The molecule has 6 nitrogen and oxygen atoms in total. The van der Waals surface area contributed by atoms with Crippen LogP contribution in [-0.2, 0) is 6.54 Å². The predicted octanol–water partition coefficient (Wildman–Crippen LogP) is 0.725. The Morgan fingerprint density at radius 1 is 1.60 bits per heavy atom. The molecule has 0 saturated carbocycles. The molecule has 1 aliphatic heterocycles. The van der Waals surface area contributed by atoms with Gasteiger partial charge in [-0.25, -0.2) is 4.98 Å². The summed E-state index contributed by atoms with van der Waals surface area (Å²) in [5, 5.41) is 7.42. The fraction of sp³-hybridized carbons (Fsp3) is 0.615. The summed E-state index contributed by atoms with van der Waals surface area (Å²) in [7, 11) is 0. The number of nitrogens with one attached hydrogen (secondary N) is 1. The minimum absolute atomic E-state index is 0.0935. The zero-order valence-corrected chi connectivity index (χ0v) is 12.4. The van der Waals surface area contributed by atoms with Gasteiger partial charge in [0.25, 0.3) is 5.56 Å². The van der Waals surface area contributed by atoms with Crippen LogP contribution in [0.1, 0.15) is 25.5 Å². The molecule has 0 amide bonds. The van der Waals surface area contributed by atoms with Crippen LogP contribution >= 0.6 is 11.3 Å². The molecular formula is C13H19N5OS. The lowest BCUT2D eigenvalue weighted by atomic mass is 10.1. The van der Waals surface area contributed by atoms with E-state index in [1.165, 1.54) is 28.7 Å². The summed E-state index contributed by atoms with van der Waals surface area (Å²) in [6.07, 6.45) is 2.42. The second-order valence-electron chi connectivity index (χ2n) is 5.08. The minimum Gasteiger partial charge on any atom is -0.315 e. The SMILES string of the molecule is CCN(Cc1cc(=O)n2ncsc2n1)C1CCCNC1. The average Bonchev–Trinajstić information content (AvgIpc) is 2.94. The molecule has 2 aromatic rings. The first-order valence-corrected chi connectivity index (χ1v) is 7.93. The Hall–Kier alpha value is -1.31. The van der Waals surface area contributed by atoms with Gasteiger partial charge in [0.1, 0.15) is 5.51 Å². The standard InChI is InChI=1S/C13H19N5OS/c1-2-17(11-4-3-5-14-7-11)8-10-6-12(19)18-13(16-10)20-9-15-18/h6,9,11,14H,2-5,7-8H2,1H3. The molecule has 1 saturated heterocycles. The van der Waals surface area contributed by atoms with Crippen LogP contribution < -0.4 is 10.9 Å². The first-order valence-electron chi connectivity index (χ1n) is 7.05. The monoisotopic (exact) mass is 293 g/mol. The molecule has 7 heteroatoms. The third-order valence-electron chi connectivity index (χ3n) is 3.80. The molecule has 1 unspecified atom stereocenters. The molecule has 0 aromatic carbocycles. The molecule has 0 bridgehead atoms. The van der Waals surface area contributed by atoms with Crippen molar-refractivity contribution in [2.24, 2.45) is 0 Å². The lowest BCUT2D eigenvalue weighted by Crippen LogP contribution is -2.45. The number of aromatic nitrogens is 3. The maximum absolute atomic E-state index is 11.9. The number of rotatable bonds is 4. The second-order valence-corrected chi connectivity index (χ2v) is 5.89. The molecule has 3 rings (SSSR count). The number of hydrogen-bond acceptors (Lipinski definition) is 6. The highest BCUT2D eigenvalue weighted by molar-refractivity contribution is 7.14. The van der Waals surface area contributed by atoms with E-state index in [1.54, 1.807) is 11.6 Å². The Kier molecular flexibility index (Phi) is 4.09. The molecule has 1 N–H and O–H groups in total. The van der Waals surface area contributed by atoms with E-state index >= 15 is 0 Å². The van der Waals surface area contributed by atoms with Crippen molar-refractivity contribution < 1.29 is 0 Å². The summed E-state index contributed by atoms with van der Waals surface area (Å²) in [5.74, 6) is 0. The van der Waals surface area contributed by atoms with Crippen molar-refractivity contribution >= 4 is 16.3 Å². The zero-order chi connectivity index (χ0) is 13.9. The number of fused-ring (bicyclic) bond motifs is 1. The Bertz CT molecular complexity index is 631. The zero-order valence-electron chi connectivity index (χ0n) is 11.6. The highest BCUT2D eigenvalue weighted by Crippen LogP contribution is 2.13. The van der Waals surface area contributed by atoms with E-state index < -0.39 is 0 Å². The Labute approximate surface area is 121 Å². The van der Waals surface area contributed by atoms with Crippen molar-refractivity contribution in [2.75, 3.05) is 19.6 Å². The summed E-state index contributed by atoms with van der Waals surface area (Å²) >= 11 is 1.40. The summed E-state index contributed by atoms with van der Waals surface area (Å²) in [5.41, 5.74) is 2.40. The van der Waals surface area contributed by atoms with Gasteiger partial charge >= 0.3 is 0 Å². The van der Waals surface area contributed by atoms with Crippen molar-refractivity contribution in [1.29, 1.82) is 0 Å². The lowest BCUT2D eigenvalue weighted by molar-refractivity contribution is 0.164. The van der Waals surface area contributed by atoms with E-state index in [2.05, 4.69) is 27.2 Å². The normalized spacial score (nSPS) is 19.8. The van der Waals surface area contributed by atoms with Crippen molar-refractivity contribution in [3.8, 4) is 0 Å². The van der Waals surface area contributed by atoms with Gasteiger partial charge in [-0.05, 0) is 25.9 Å². The average molecular weight is 293 g/mol. The number of piperidine rings is 1. The van der Waals surface area contributed by atoms with E-state index in [9.17, 15) is 4.79 Å². The van der Waals surface area contributed by atoms with Crippen LogP contribution in [-0.4, -0.2) is 45.2 Å². The van der Waals surface area contributed by atoms with Gasteiger partial charge in [0, 0.05) is 25.2 Å². The third-order valence-corrected chi connectivity index (χ3v) is 4.47. The largest absolute Gasteiger partial charge is 0.315 e. The van der Waals surface area contributed by atoms with Crippen molar-refractivity contribution in [3.05, 3.63) is 27.6 Å². The summed E-state index contributed by atoms with van der Waals surface area (Å²) in [4.78, 5) is 19.5. The molecule has 2 aromatic heterocycles. The van der Waals surface area contributed by atoms with Gasteiger partial charge in [0.2, 0.25) is 4.96 Å². The highest BCUT2D eigenvalue weighted by atomic mass is 32.1. The van der Waals surface area contributed by atoms with E-state index in [4.69, 9.17) is 0 Å². The van der Waals surface area contributed by atoms with Gasteiger partial charge in [-0.1, -0.05) is 18.3 Å². The fourth-order valence-corrected chi connectivity index (χ4v) is 3.38. The van der Waals surface area contributed by atoms with Crippen molar-refractivity contribution in [2.45, 2.75) is 32.4 Å². The molecule has 1 atom stereocenters. The molecule has 0 spiro atoms. The fourth-order valence-electron chi connectivity index (χ4n) is 2.73. The number of likely N-dealkylation sites (N-methyl/N-ethyl adjacent to an activating group) is 1. The highest BCUT2D eigenvalue weighted by Gasteiger charge is 2.20. The van der Waals surface area contributed by atoms with Gasteiger partial charge < -0.3 is 5.32 Å². The minimum atomic E-state index is -0.0935. The number of hydrogen-bond donors (Lipinski definition) is 1. The van der Waals surface area contributed by atoms with E-state index in [-0.39, 0.29) is 5.56 Å². The molecule has 3 heterocycles. The summed E-state index contributed by atoms with van der Waals surface area (Å²) < 4.78 is 1.35. The third kappa shape index (κ3) is 2.74. The molecule has 108 valence electrons. The summed E-state index contributed by atoms with van der Waals surface area (Å²) in [6, 6.07) is 2.14. The molecule has 0 radical (unpaired) electrons. The van der Waals surface area contributed by atoms with E-state index in [0.717, 1.165) is 31.9 Å².